The van der Waals surface area contributed by atoms with Crippen molar-refractivity contribution in [3.8, 4) is 5.88 Å². The number of carbonyl (C=O) groups is 1. The fraction of sp³-hybridized carbons (Fsp3) is 0.455. The molecule has 8 heteroatoms. The highest BCUT2D eigenvalue weighted by molar-refractivity contribution is 7.85. The molecule has 0 amide bonds. The van der Waals surface area contributed by atoms with E-state index in [1.165, 1.54) is 7.11 Å². The van der Waals surface area contributed by atoms with Crippen molar-refractivity contribution in [2.75, 3.05) is 20.2 Å². The van der Waals surface area contributed by atoms with Gasteiger partial charge >= 0.3 is 5.97 Å². The summed E-state index contributed by atoms with van der Waals surface area (Å²) in [6.45, 7) is -0.438. The Morgan fingerprint density at radius 1 is 1.37 bits per heavy atom. The van der Waals surface area contributed by atoms with Crippen molar-refractivity contribution in [1.82, 2.24) is 4.98 Å². The van der Waals surface area contributed by atoms with Crippen molar-refractivity contribution in [3.63, 3.8) is 0 Å². The normalized spacial score (nSPS) is 11.1. The van der Waals surface area contributed by atoms with Crippen molar-refractivity contribution in [3.05, 3.63) is 23.9 Å². The maximum atomic E-state index is 11.0. The van der Waals surface area contributed by atoms with Gasteiger partial charge in [-0.05, 0) is 6.07 Å². The van der Waals surface area contributed by atoms with Gasteiger partial charge in [-0.2, -0.15) is 8.42 Å². The third-order valence-electron chi connectivity index (χ3n) is 2.06. The van der Waals surface area contributed by atoms with Crippen LogP contribution < -0.4 is 4.74 Å². The maximum Gasteiger partial charge on any atom is 0.305 e. The highest BCUT2D eigenvalue weighted by atomic mass is 32.2. The smallest absolute Gasteiger partial charge is 0.305 e. The molecule has 1 rings (SSSR count). The molecule has 0 N–H and O–H groups in total. The Balaban J connectivity index is 2.50. The topological polar surface area (TPSA) is 91.8 Å². The van der Waals surface area contributed by atoms with Crippen LogP contribution in [0.2, 0.25) is 0 Å². The first-order chi connectivity index (χ1) is 8.90. The van der Waals surface area contributed by atoms with E-state index in [9.17, 15) is 13.2 Å². The molecular formula is C11H15NO6S. The minimum absolute atomic E-state index is 0.215. The predicted molar refractivity (Wildman–Crippen MR) is 66.0 cm³/mol. The summed E-state index contributed by atoms with van der Waals surface area (Å²) >= 11 is 0. The van der Waals surface area contributed by atoms with Crippen LogP contribution in [0.15, 0.2) is 18.2 Å². The Morgan fingerprint density at radius 3 is 2.74 bits per heavy atom. The molecule has 19 heavy (non-hydrogen) atoms. The lowest BCUT2D eigenvalue weighted by atomic mass is 10.2. The highest BCUT2D eigenvalue weighted by Gasteiger charge is 2.05. The lowest BCUT2D eigenvalue weighted by molar-refractivity contribution is -0.140. The molecule has 0 aliphatic carbocycles. The first-order valence-electron chi connectivity index (χ1n) is 5.40. The molecule has 0 atom stereocenters. The van der Waals surface area contributed by atoms with Crippen molar-refractivity contribution in [1.29, 1.82) is 0 Å². The molecule has 0 saturated carbocycles. The van der Waals surface area contributed by atoms with Crippen LogP contribution in [-0.2, 0) is 30.3 Å². The van der Waals surface area contributed by atoms with Crippen molar-refractivity contribution < 1.29 is 26.9 Å². The number of ether oxygens (including phenoxy) is 2. The first-order valence-corrected chi connectivity index (χ1v) is 7.22. The molecule has 0 fully saturated rings. The summed E-state index contributed by atoms with van der Waals surface area (Å²) in [7, 11) is -2.23. The summed E-state index contributed by atoms with van der Waals surface area (Å²) in [5.74, 6) is -0.0976. The molecule has 1 heterocycles. The van der Waals surface area contributed by atoms with E-state index >= 15 is 0 Å². The molecule has 0 aromatic carbocycles. The molecule has 0 saturated heterocycles. The van der Waals surface area contributed by atoms with Gasteiger partial charge in [-0.25, -0.2) is 9.17 Å². The van der Waals surface area contributed by atoms with Crippen LogP contribution in [0.1, 0.15) is 12.1 Å². The van der Waals surface area contributed by atoms with Crippen LogP contribution in [0.4, 0.5) is 0 Å². The van der Waals surface area contributed by atoms with Gasteiger partial charge in [-0.15, -0.1) is 0 Å². The monoisotopic (exact) mass is 289 g/mol. The van der Waals surface area contributed by atoms with Gasteiger partial charge in [-0.3, -0.25) is 4.79 Å². The Morgan fingerprint density at radius 2 is 2.11 bits per heavy atom. The summed E-state index contributed by atoms with van der Waals surface area (Å²) in [6, 6.07) is 4.98. The minimum Gasteiger partial charge on any atom is -0.469 e. The van der Waals surface area contributed by atoms with Crippen LogP contribution in [0.5, 0.6) is 5.88 Å². The van der Waals surface area contributed by atoms with Gasteiger partial charge in [0.05, 0.1) is 19.8 Å². The summed E-state index contributed by atoms with van der Waals surface area (Å²) in [4.78, 5) is 15.1. The van der Waals surface area contributed by atoms with Crippen LogP contribution in [0, 0.1) is 0 Å². The molecule has 0 unspecified atom stereocenters. The molecule has 0 aliphatic heterocycles. The van der Waals surface area contributed by atoms with Gasteiger partial charge in [0.1, 0.15) is 0 Å². The van der Waals surface area contributed by atoms with Gasteiger partial charge < -0.3 is 9.47 Å². The van der Waals surface area contributed by atoms with Crippen LogP contribution in [-0.4, -0.2) is 39.5 Å². The lowest BCUT2D eigenvalue weighted by Gasteiger charge is -2.06. The molecule has 0 radical (unpaired) electrons. The maximum absolute atomic E-state index is 11.0. The lowest BCUT2D eigenvalue weighted by Crippen LogP contribution is -2.10. The largest absolute Gasteiger partial charge is 0.469 e. The number of hydrogen-bond acceptors (Lipinski definition) is 7. The van der Waals surface area contributed by atoms with Gasteiger partial charge in [0.15, 0.2) is 0 Å². The number of nitrogens with zero attached hydrogens (tertiary/aromatic N) is 1. The van der Waals surface area contributed by atoms with Gasteiger partial charge in [0.2, 0.25) is 12.7 Å². The Bertz CT molecular complexity index is 528. The number of pyridine rings is 1. The number of rotatable bonds is 7. The molecule has 7 nitrogen and oxygen atoms in total. The summed E-state index contributed by atoms with van der Waals surface area (Å²) in [6.07, 6.45) is 1.56. The van der Waals surface area contributed by atoms with E-state index in [1.807, 2.05) is 0 Å². The predicted octanol–water partition coefficient (Wildman–Crippen LogP) is 0.500. The molecular weight excluding hydrogens is 274 g/mol. The summed E-state index contributed by atoms with van der Waals surface area (Å²) in [5, 5.41) is 0. The second-order valence-electron chi connectivity index (χ2n) is 3.63. The van der Waals surface area contributed by atoms with E-state index in [4.69, 9.17) is 4.74 Å². The average molecular weight is 289 g/mol. The third-order valence-corrected chi connectivity index (χ3v) is 2.59. The van der Waals surface area contributed by atoms with Gasteiger partial charge in [0.25, 0.3) is 10.1 Å². The zero-order valence-electron chi connectivity index (χ0n) is 10.7. The fourth-order valence-corrected chi connectivity index (χ4v) is 1.40. The van der Waals surface area contributed by atoms with Gasteiger partial charge in [-0.1, -0.05) is 6.07 Å². The number of aryl methyl sites for hydroxylation is 1. The van der Waals surface area contributed by atoms with E-state index in [1.54, 1.807) is 18.2 Å². The standard InChI is InChI=1S/C11H15NO6S/c1-16-11(13)7-6-9-4-3-5-10(12-9)17-8-18-19(2,14)15/h3-5H,6-8H2,1-2H3. The number of aromatic nitrogens is 1. The van der Waals surface area contributed by atoms with Crippen LogP contribution >= 0.6 is 0 Å². The number of methoxy groups -OCH3 is 1. The van der Waals surface area contributed by atoms with Crippen molar-refractivity contribution in [2.45, 2.75) is 12.8 Å². The fourth-order valence-electron chi connectivity index (χ4n) is 1.18. The van der Waals surface area contributed by atoms with E-state index in [-0.39, 0.29) is 18.3 Å². The quantitative estimate of drug-likeness (QED) is 0.410. The molecule has 1 aromatic rings. The Labute approximate surface area is 111 Å². The minimum atomic E-state index is -3.54. The van der Waals surface area contributed by atoms with Crippen LogP contribution in [0.25, 0.3) is 0 Å². The van der Waals surface area contributed by atoms with Crippen molar-refractivity contribution in [2.24, 2.45) is 0 Å². The Hall–Kier alpha value is -1.67. The zero-order chi connectivity index (χ0) is 14.3. The molecule has 0 bridgehead atoms. The molecule has 0 spiro atoms. The number of hydrogen-bond donors (Lipinski definition) is 0. The van der Waals surface area contributed by atoms with Gasteiger partial charge in [0, 0.05) is 18.2 Å². The SMILES string of the molecule is COC(=O)CCc1cccc(OCOS(C)(=O)=O)n1. The van der Waals surface area contributed by atoms with Crippen LogP contribution in [0.3, 0.4) is 0 Å². The number of carbonyl (C=O) groups excluding carboxylic acids is 1. The second-order valence-corrected chi connectivity index (χ2v) is 5.27. The summed E-state index contributed by atoms with van der Waals surface area (Å²) < 4.78 is 35.4. The van der Waals surface area contributed by atoms with E-state index < -0.39 is 16.9 Å². The van der Waals surface area contributed by atoms with E-state index in [0.29, 0.717) is 12.1 Å². The molecule has 0 aliphatic rings. The third kappa shape index (κ3) is 6.73. The van der Waals surface area contributed by atoms with E-state index in [0.717, 1.165) is 6.26 Å². The van der Waals surface area contributed by atoms with Crippen molar-refractivity contribution >= 4 is 16.1 Å². The van der Waals surface area contributed by atoms with E-state index in [2.05, 4.69) is 13.9 Å². The zero-order valence-corrected chi connectivity index (χ0v) is 11.5. The molecule has 1 aromatic heterocycles. The summed E-state index contributed by atoms with van der Waals surface area (Å²) in [5.41, 5.74) is 0.641. The highest BCUT2D eigenvalue weighted by Crippen LogP contribution is 2.09. The first kappa shape index (κ1) is 15.4. The number of esters is 1. The molecule has 106 valence electrons. The average Bonchev–Trinajstić information content (AvgIpc) is 2.35. The second kappa shape index (κ2) is 7.05. The Kier molecular flexibility index (Phi) is 5.71.